The number of aryl methyl sites for hydroxylation is 2. The fourth-order valence-electron chi connectivity index (χ4n) is 3.42. The van der Waals surface area contributed by atoms with Crippen LogP contribution >= 0.6 is 0 Å². The number of amides is 1. The van der Waals surface area contributed by atoms with Gasteiger partial charge in [-0.1, -0.05) is 37.3 Å². The van der Waals surface area contributed by atoms with Crippen LogP contribution in [0.5, 0.6) is 0 Å². The van der Waals surface area contributed by atoms with Crippen molar-refractivity contribution >= 4 is 5.91 Å². The Kier molecular flexibility index (Phi) is 4.51. The van der Waals surface area contributed by atoms with Crippen molar-refractivity contribution in [1.29, 1.82) is 0 Å². The van der Waals surface area contributed by atoms with Gasteiger partial charge in [-0.3, -0.25) is 9.48 Å². The van der Waals surface area contributed by atoms with E-state index >= 15 is 0 Å². The van der Waals surface area contributed by atoms with E-state index in [-0.39, 0.29) is 11.3 Å². The number of hydrogen-bond donors (Lipinski definition) is 0. The number of carbonyl (C=O) groups is 1. The van der Waals surface area contributed by atoms with E-state index in [9.17, 15) is 4.79 Å². The summed E-state index contributed by atoms with van der Waals surface area (Å²) in [6.07, 6.45) is 6.44. The van der Waals surface area contributed by atoms with Gasteiger partial charge in [0, 0.05) is 37.7 Å². The third-order valence-corrected chi connectivity index (χ3v) is 4.83. The summed E-state index contributed by atoms with van der Waals surface area (Å²) in [6, 6.07) is 10.6. The van der Waals surface area contributed by atoms with Crippen LogP contribution in [0.1, 0.15) is 37.3 Å². The zero-order chi connectivity index (χ0) is 16.3. The van der Waals surface area contributed by atoms with Crippen LogP contribution in [0.4, 0.5) is 0 Å². The summed E-state index contributed by atoms with van der Waals surface area (Å²) in [7, 11) is 0. The van der Waals surface area contributed by atoms with Crippen molar-refractivity contribution in [2.24, 2.45) is 0 Å². The molecule has 2 heterocycles. The van der Waals surface area contributed by atoms with Crippen molar-refractivity contribution in [3.8, 4) is 0 Å². The molecule has 4 heteroatoms. The van der Waals surface area contributed by atoms with Crippen molar-refractivity contribution in [1.82, 2.24) is 14.7 Å². The van der Waals surface area contributed by atoms with Gasteiger partial charge < -0.3 is 4.90 Å². The second-order valence-corrected chi connectivity index (χ2v) is 6.88. The minimum absolute atomic E-state index is 0.0669. The number of piperidine rings is 1. The van der Waals surface area contributed by atoms with E-state index in [2.05, 4.69) is 36.3 Å². The summed E-state index contributed by atoms with van der Waals surface area (Å²) in [5, 5.41) is 4.31. The first-order valence-electron chi connectivity index (χ1n) is 8.39. The lowest BCUT2D eigenvalue weighted by Gasteiger charge is -2.40. The van der Waals surface area contributed by atoms with Gasteiger partial charge in [0.2, 0.25) is 5.91 Å². The van der Waals surface area contributed by atoms with Gasteiger partial charge in [0.15, 0.2) is 0 Å². The molecule has 1 saturated heterocycles. The Bertz CT molecular complexity index is 664. The quantitative estimate of drug-likeness (QED) is 0.850. The fourth-order valence-corrected chi connectivity index (χ4v) is 3.42. The predicted octanol–water partition coefficient (Wildman–Crippen LogP) is 3.16. The molecule has 122 valence electrons. The third-order valence-electron chi connectivity index (χ3n) is 4.83. The van der Waals surface area contributed by atoms with Gasteiger partial charge in [-0.05, 0) is 30.9 Å². The Morgan fingerprint density at radius 2 is 2.00 bits per heavy atom. The van der Waals surface area contributed by atoms with Crippen LogP contribution in [0.25, 0.3) is 0 Å². The molecule has 1 fully saturated rings. The SMILES string of the molecule is Cc1cnn(CCCN2C[C@](C)(c3ccccc3)CCC2=O)c1. The van der Waals surface area contributed by atoms with Gasteiger partial charge >= 0.3 is 0 Å². The number of hydrogen-bond acceptors (Lipinski definition) is 2. The van der Waals surface area contributed by atoms with Crippen LogP contribution in [-0.4, -0.2) is 33.7 Å². The summed E-state index contributed by atoms with van der Waals surface area (Å²) in [5.74, 6) is 0.287. The summed E-state index contributed by atoms with van der Waals surface area (Å²) < 4.78 is 1.96. The summed E-state index contributed by atoms with van der Waals surface area (Å²) >= 11 is 0. The first-order valence-corrected chi connectivity index (χ1v) is 8.39. The number of likely N-dealkylation sites (tertiary alicyclic amines) is 1. The summed E-state index contributed by atoms with van der Waals surface area (Å²) in [5.41, 5.74) is 2.58. The maximum atomic E-state index is 12.3. The molecule has 0 N–H and O–H groups in total. The molecule has 1 aliphatic heterocycles. The third kappa shape index (κ3) is 3.63. The molecular weight excluding hydrogens is 286 g/mol. The Balaban J connectivity index is 1.61. The van der Waals surface area contributed by atoms with Gasteiger partial charge in [-0.15, -0.1) is 0 Å². The molecule has 0 unspecified atom stereocenters. The maximum Gasteiger partial charge on any atom is 0.222 e. The number of carbonyl (C=O) groups excluding carboxylic acids is 1. The number of aromatic nitrogens is 2. The Morgan fingerprint density at radius 1 is 1.22 bits per heavy atom. The van der Waals surface area contributed by atoms with Gasteiger partial charge in [0.25, 0.3) is 0 Å². The minimum atomic E-state index is 0.0669. The van der Waals surface area contributed by atoms with E-state index in [4.69, 9.17) is 0 Å². The average Bonchev–Trinajstić information content (AvgIpc) is 2.97. The molecule has 4 nitrogen and oxygen atoms in total. The van der Waals surface area contributed by atoms with Crippen molar-refractivity contribution in [2.75, 3.05) is 13.1 Å². The topological polar surface area (TPSA) is 38.1 Å². The maximum absolute atomic E-state index is 12.3. The van der Waals surface area contributed by atoms with E-state index in [1.807, 2.05) is 35.0 Å². The van der Waals surface area contributed by atoms with Gasteiger partial charge in [0.05, 0.1) is 6.20 Å². The van der Waals surface area contributed by atoms with Crippen molar-refractivity contribution in [3.63, 3.8) is 0 Å². The van der Waals surface area contributed by atoms with Crippen LogP contribution < -0.4 is 0 Å². The molecule has 1 atom stereocenters. The van der Waals surface area contributed by atoms with Crippen LogP contribution in [0, 0.1) is 6.92 Å². The molecule has 1 amide bonds. The second-order valence-electron chi connectivity index (χ2n) is 6.88. The second kappa shape index (κ2) is 6.57. The lowest BCUT2D eigenvalue weighted by atomic mass is 9.75. The minimum Gasteiger partial charge on any atom is -0.342 e. The molecule has 0 radical (unpaired) electrons. The molecular formula is C19H25N3O. The largest absolute Gasteiger partial charge is 0.342 e. The highest BCUT2D eigenvalue weighted by atomic mass is 16.2. The highest BCUT2D eigenvalue weighted by molar-refractivity contribution is 5.77. The highest BCUT2D eigenvalue weighted by Gasteiger charge is 2.35. The van der Waals surface area contributed by atoms with Gasteiger partial charge in [-0.2, -0.15) is 5.10 Å². The Hall–Kier alpha value is -2.10. The first kappa shape index (κ1) is 15.8. The van der Waals surface area contributed by atoms with Gasteiger partial charge in [-0.25, -0.2) is 0 Å². The van der Waals surface area contributed by atoms with Gasteiger partial charge in [0.1, 0.15) is 0 Å². The zero-order valence-electron chi connectivity index (χ0n) is 14.0. The van der Waals surface area contributed by atoms with E-state index in [1.165, 1.54) is 11.1 Å². The molecule has 1 aromatic carbocycles. The molecule has 0 spiro atoms. The van der Waals surface area contributed by atoms with Crippen molar-refractivity contribution in [3.05, 3.63) is 53.9 Å². The summed E-state index contributed by atoms with van der Waals surface area (Å²) in [6.45, 7) is 6.80. The number of nitrogens with zero attached hydrogens (tertiary/aromatic N) is 3. The molecule has 2 aromatic rings. The number of benzene rings is 1. The molecule has 0 saturated carbocycles. The molecule has 0 aliphatic carbocycles. The Labute approximate surface area is 138 Å². The molecule has 23 heavy (non-hydrogen) atoms. The normalized spacial score (nSPS) is 21.7. The van der Waals surface area contributed by atoms with E-state index < -0.39 is 0 Å². The van der Waals surface area contributed by atoms with Crippen LogP contribution in [0.2, 0.25) is 0 Å². The Morgan fingerprint density at radius 3 is 2.70 bits per heavy atom. The zero-order valence-corrected chi connectivity index (χ0v) is 14.0. The lowest BCUT2D eigenvalue weighted by molar-refractivity contribution is -0.135. The fraction of sp³-hybridized carbons (Fsp3) is 0.474. The van der Waals surface area contributed by atoms with E-state index in [0.29, 0.717) is 6.42 Å². The van der Waals surface area contributed by atoms with E-state index in [0.717, 1.165) is 32.5 Å². The smallest absolute Gasteiger partial charge is 0.222 e. The molecule has 1 aromatic heterocycles. The number of rotatable bonds is 5. The van der Waals surface area contributed by atoms with Crippen molar-refractivity contribution in [2.45, 2.75) is 45.1 Å². The predicted molar refractivity (Wildman–Crippen MR) is 91.2 cm³/mol. The van der Waals surface area contributed by atoms with Crippen molar-refractivity contribution < 1.29 is 4.79 Å². The standard InChI is InChI=1S/C19H25N3O/c1-16-13-20-22(14-16)12-6-11-21-15-19(2,10-9-18(21)23)17-7-4-3-5-8-17/h3-5,7-8,13-14H,6,9-12,15H2,1-2H3/t19-/m1/s1. The first-order chi connectivity index (χ1) is 11.1. The summed E-state index contributed by atoms with van der Waals surface area (Å²) in [4.78, 5) is 14.3. The monoisotopic (exact) mass is 311 g/mol. The van der Waals surface area contributed by atoms with Crippen LogP contribution in [-0.2, 0) is 16.8 Å². The van der Waals surface area contributed by atoms with E-state index in [1.54, 1.807) is 0 Å². The van der Waals surface area contributed by atoms with Crippen LogP contribution in [0.15, 0.2) is 42.7 Å². The molecule has 1 aliphatic rings. The lowest BCUT2D eigenvalue weighted by Crippen LogP contribution is -2.47. The molecule has 0 bridgehead atoms. The van der Waals surface area contributed by atoms with Crippen LogP contribution in [0.3, 0.4) is 0 Å². The molecule has 3 rings (SSSR count). The highest BCUT2D eigenvalue weighted by Crippen LogP contribution is 2.34. The average molecular weight is 311 g/mol.